The van der Waals surface area contributed by atoms with E-state index in [9.17, 15) is 23.9 Å². The van der Waals surface area contributed by atoms with Crippen molar-refractivity contribution in [1.82, 2.24) is 9.88 Å². The Kier molecular flexibility index (Phi) is 5.85. The summed E-state index contributed by atoms with van der Waals surface area (Å²) in [6, 6.07) is 0.589. The van der Waals surface area contributed by atoms with Crippen molar-refractivity contribution >= 4 is 29.4 Å². The van der Waals surface area contributed by atoms with E-state index in [1.807, 2.05) is 0 Å². The summed E-state index contributed by atoms with van der Waals surface area (Å²) in [5, 5.41) is 18.8. The van der Waals surface area contributed by atoms with Crippen LogP contribution in [0, 0.1) is 11.2 Å². The quantitative estimate of drug-likeness (QED) is 0.594. The Morgan fingerprint density at radius 1 is 1.42 bits per heavy atom. The van der Waals surface area contributed by atoms with Crippen LogP contribution in [0.5, 0.6) is 0 Å². The molecule has 2 rings (SSSR count). The summed E-state index contributed by atoms with van der Waals surface area (Å²) in [6.07, 6.45) is -1.29. The highest BCUT2D eigenvalue weighted by Crippen LogP contribution is 2.39. The third-order valence-corrected chi connectivity index (χ3v) is 5.06. The number of carbonyl (C=O) groups is 3. The lowest BCUT2D eigenvalue weighted by molar-refractivity contribution is -0.153. The number of carboxylic acid groups (broad SMARTS) is 2. The third-order valence-electron chi connectivity index (χ3n) is 4.87. The molecule has 26 heavy (non-hydrogen) atoms. The number of nitrogens with zero attached hydrogens (tertiary/aromatic N) is 2. The van der Waals surface area contributed by atoms with Crippen molar-refractivity contribution in [2.75, 3.05) is 6.54 Å². The molecule has 1 fully saturated rings. The predicted molar refractivity (Wildman–Crippen MR) is 91.0 cm³/mol. The lowest BCUT2D eigenvalue weighted by atomic mass is 9.72. The van der Waals surface area contributed by atoms with Gasteiger partial charge in [0.15, 0.2) is 11.6 Å². The number of amides is 1. The second-order valence-corrected chi connectivity index (χ2v) is 6.96. The molecule has 0 spiro atoms. The van der Waals surface area contributed by atoms with E-state index >= 15 is 0 Å². The Morgan fingerprint density at radius 2 is 2.08 bits per heavy atom. The lowest BCUT2D eigenvalue weighted by Gasteiger charge is -2.42. The van der Waals surface area contributed by atoms with Crippen molar-refractivity contribution in [3.63, 3.8) is 0 Å². The summed E-state index contributed by atoms with van der Waals surface area (Å²) in [6.45, 7) is 3.21. The molecule has 0 aromatic carbocycles. The second kappa shape index (κ2) is 7.57. The molecule has 2 atom stereocenters. The van der Waals surface area contributed by atoms with Crippen LogP contribution in [0.1, 0.15) is 49.2 Å². The van der Waals surface area contributed by atoms with Gasteiger partial charge in [-0.2, -0.15) is 0 Å². The SMILES string of the molecule is CCC(=O)c1cc(Cl)nc(C[C@@]2(C(=O)O)CCN(C(=O)O)[C@H](C)C2)c1F. The Hall–Kier alpha value is -2.22. The van der Waals surface area contributed by atoms with Crippen LogP contribution in [0.3, 0.4) is 0 Å². The van der Waals surface area contributed by atoms with Gasteiger partial charge < -0.3 is 15.1 Å². The minimum atomic E-state index is -1.38. The molecular weight excluding hydrogens is 367 g/mol. The number of carboxylic acids is 1. The maximum atomic E-state index is 14.7. The van der Waals surface area contributed by atoms with Gasteiger partial charge in [0.2, 0.25) is 0 Å². The van der Waals surface area contributed by atoms with Crippen molar-refractivity contribution in [2.24, 2.45) is 5.41 Å². The average Bonchev–Trinajstić information content (AvgIpc) is 2.56. The van der Waals surface area contributed by atoms with Crippen molar-refractivity contribution in [3.05, 3.63) is 28.3 Å². The van der Waals surface area contributed by atoms with E-state index in [0.29, 0.717) is 0 Å². The number of carbonyl (C=O) groups excluding carboxylic acids is 1. The number of aliphatic carboxylic acids is 1. The van der Waals surface area contributed by atoms with Crippen LogP contribution < -0.4 is 0 Å². The molecule has 9 heteroatoms. The van der Waals surface area contributed by atoms with Crippen LogP contribution in [-0.2, 0) is 11.2 Å². The van der Waals surface area contributed by atoms with Gasteiger partial charge >= 0.3 is 12.1 Å². The highest BCUT2D eigenvalue weighted by molar-refractivity contribution is 6.29. The second-order valence-electron chi connectivity index (χ2n) is 6.57. The first-order valence-electron chi connectivity index (χ1n) is 8.22. The summed E-state index contributed by atoms with van der Waals surface area (Å²) in [4.78, 5) is 40.1. The first-order valence-corrected chi connectivity index (χ1v) is 8.60. The molecule has 1 aliphatic rings. The van der Waals surface area contributed by atoms with E-state index in [1.54, 1.807) is 13.8 Å². The molecule has 0 unspecified atom stereocenters. The fourth-order valence-electron chi connectivity index (χ4n) is 3.43. The molecule has 2 N–H and O–H groups in total. The van der Waals surface area contributed by atoms with Gasteiger partial charge in [-0.25, -0.2) is 14.2 Å². The molecular formula is C17H20ClFN2O5. The van der Waals surface area contributed by atoms with E-state index < -0.39 is 35.1 Å². The Labute approximate surface area is 154 Å². The maximum Gasteiger partial charge on any atom is 0.407 e. The van der Waals surface area contributed by atoms with Gasteiger partial charge in [0, 0.05) is 25.4 Å². The van der Waals surface area contributed by atoms with Crippen molar-refractivity contribution < 1.29 is 29.0 Å². The number of hydrogen-bond acceptors (Lipinski definition) is 4. The first-order chi connectivity index (χ1) is 12.1. The number of halogens is 2. The van der Waals surface area contributed by atoms with Crippen LogP contribution in [0.2, 0.25) is 5.15 Å². The molecule has 0 saturated carbocycles. The normalized spacial score (nSPS) is 22.9. The minimum Gasteiger partial charge on any atom is -0.481 e. The molecule has 1 aromatic heterocycles. The lowest BCUT2D eigenvalue weighted by Crippen LogP contribution is -2.51. The smallest absolute Gasteiger partial charge is 0.407 e. The summed E-state index contributed by atoms with van der Waals surface area (Å²) in [7, 11) is 0. The average molecular weight is 387 g/mol. The number of piperidine rings is 1. The molecule has 0 radical (unpaired) electrons. The van der Waals surface area contributed by atoms with Crippen LogP contribution >= 0.6 is 11.6 Å². The Bertz CT molecular complexity index is 757. The fraction of sp³-hybridized carbons (Fsp3) is 0.529. The monoisotopic (exact) mass is 386 g/mol. The highest BCUT2D eigenvalue weighted by Gasteiger charge is 2.46. The Balaban J connectivity index is 2.41. The summed E-state index contributed by atoms with van der Waals surface area (Å²) < 4.78 is 14.7. The summed E-state index contributed by atoms with van der Waals surface area (Å²) in [5.74, 6) is -2.47. The number of likely N-dealkylation sites (tertiary alicyclic amines) is 1. The van der Waals surface area contributed by atoms with E-state index in [2.05, 4.69) is 4.98 Å². The highest BCUT2D eigenvalue weighted by atomic mass is 35.5. The maximum absolute atomic E-state index is 14.7. The topological polar surface area (TPSA) is 108 Å². The zero-order valence-corrected chi connectivity index (χ0v) is 15.2. The van der Waals surface area contributed by atoms with Crippen LogP contribution in [0.4, 0.5) is 9.18 Å². The number of aromatic nitrogens is 1. The zero-order valence-electron chi connectivity index (χ0n) is 14.5. The number of rotatable bonds is 5. The molecule has 1 saturated heterocycles. The van der Waals surface area contributed by atoms with Crippen molar-refractivity contribution in [1.29, 1.82) is 0 Å². The van der Waals surface area contributed by atoms with Gasteiger partial charge in [-0.3, -0.25) is 9.59 Å². The van der Waals surface area contributed by atoms with Gasteiger partial charge in [-0.05, 0) is 25.8 Å². The van der Waals surface area contributed by atoms with Crippen LogP contribution in [-0.4, -0.2) is 50.5 Å². The molecule has 0 bridgehead atoms. The van der Waals surface area contributed by atoms with Crippen molar-refractivity contribution in [3.8, 4) is 0 Å². The van der Waals surface area contributed by atoms with Gasteiger partial charge in [0.1, 0.15) is 5.15 Å². The first kappa shape index (κ1) is 20.1. The molecule has 7 nitrogen and oxygen atoms in total. The van der Waals surface area contributed by atoms with Crippen LogP contribution in [0.15, 0.2) is 6.07 Å². The molecule has 1 aromatic rings. The van der Waals surface area contributed by atoms with Crippen LogP contribution in [0.25, 0.3) is 0 Å². The number of ketones is 1. The predicted octanol–water partition coefficient (Wildman–Crippen LogP) is 3.24. The summed E-state index contributed by atoms with van der Waals surface area (Å²) >= 11 is 5.90. The molecule has 2 heterocycles. The van der Waals surface area contributed by atoms with E-state index in [1.165, 1.54) is 0 Å². The largest absolute Gasteiger partial charge is 0.481 e. The third kappa shape index (κ3) is 3.80. The standard InChI is InChI=1S/C17H20ClFN2O5/c1-3-12(22)10-6-13(18)20-11(14(10)19)8-17(15(23)24)4-5-21(16(25)26)9(2)7-17/h6,9H,3-5,7-8H2,1-2H3,(H,23,24)(H,25,26)/t9-,17-/m1/s1. The molecule has 1 amide bonds. The Morgan fingerprint density at radius 3 is 2.58 bits per heavy atom. The van der Waals surface area contributed by atoms with Gasteiger partial charge in [0.25, 0.3) is 0 Å². The van der Waals surface area contributed by atoms with Crippen molar-refractivity contribution in [2.45, 2.75) is 45.6 Å². The van der Waals surface area contributed by atoms with Gasteiger partial charge in [-0.15, -0.1) is 0 Å². The molecule has 1 aliphatic heterocycles. The number of Topliss-reactive ketones (excluding diaryl/α,β-unsaturated/α-hetero) is 1. The number of hydrogen-bond donors (Lipinski definition) is 2. The van der Waals surface area contributed by atoms with E-state index in [0.717, 1.165) is 11.0 Å². The number of pyridine rings is 1. The van der Waals surface area contributed by atoms with E-state index in [-0.39, 0.29) is 48.6 Å². The van der Waals surface area contributed by atoms with Gasteiger partial charge in [0.05, 0.1) is 16.7 Å². The summed E-state index contributed by atoms with van der Waals surface area (Å²) in [5.41, 5.74) is -1.78. The fourth-order valence-corrected chi connectivity index (χ4v) is 3.64. The van der Waals surface area contributed by atoms with Gasteiger partial charge in [-0.1, -0.05) is 18.5 Å². The molecule has 142 valence electrons. The van der Waals surface area contributed by atoms with E-state index in [4.69, 9.17) is 16.7 Å². The zero-order chi connectivity index (χ0) is 19.6. The minimum absolute atomic E-state index is 0.0132. The molecule has 0 aliphatic carbocycles.